The predicted octanol–water partition coefficient (Wildman–Crippen LogP) is 2.89. The third kappa shape index (κ3) is 4.23. The minimum Gasteiger partial charge on any atom is -0.497 e. The summed E-state index contributed by atoms with van der Waals surface area (Å²) < 4.78 is 5.11. The van der Waals surface area contributed by atoms with Gasteiger partial charge in [0.05, 0.1) is 25.2 Å². The Hall–Kier alpha value is -2.53. The van der Waals surface area contributed by atoms with E-state index in [1.165, 1.54) is 6.42 Å². The average Bonchev–Trinajstić information content (AvgIpc) is 2.60. The summed E-state index contributed by atoms with van der Waals surface area (Å²) in [6.45, 7) is 0. The summed E-state index contributed by atoms with van der Waals surface area (Å²) in [5.41, 5.74) is 0.659. The number of methoxy groups -OCH3 is 1. The van der Waals surface area contributed by atoms with Crippen LogP contribution in [0.25, 0.3) is 0 Å². The molecule has 5 heteroatoms. The van der Waals surface area contributed by atoms with E-state index in [4.69, 9.17) is 4.74 Å². The molecule has 1 aromatic rings. The number of nitriles is 2. The Kier molecular flexibility index (Phi) is 6.00. The van der Waals surface area contributed by atoms with Crippen LogP contribution < -0.4 is 10.1 Å². The Labute approximate surface area is 136 Å². The SMILES string of the molecule is COc1ccc(C(C(=O)NC2CCCCC2)C(C#N)C#N)cc1. The van der Waals surface area contributed by atoms with E-state index in [1.54, 1.807) is 31.4 Å². The molecule has 2 rings (SSSR count). The standard InChI is InChI=1S/C18H21N3O2/c1-23-16-9-7-13(8-10-16)17(14(11-19)12-20)18(22)21-15-5-3-2-4-6-15/h7-10,14-15,17H,2-6H2,1H3,(H,21,22). The van der Waals surface area contributed by atoms with Crippen LogP contribution in [0.15, 0.2) is 24.3 Å². The van der Waals surface area contributed by atoms with Crippen molar-refractivity contribution >= 4 is 5.91 Å². The van der Waals surface area contributed by atoms with Gasteiger partial charge in [-0.25, -0.2) is 0 Å². The van der Waals surface area contributed by atoms with Crippen molar-refractivity contribution in [3.8, 4) is 17.9 Å². The molecule has 0 spiro atoms. The Balaban J connectivity index is 2.20. The quantitative estimate of drug-likeness (QED) is 0.906. The molecule has 1 saturated carbocycles. The van der Waals surface area contributed by atoms with Crippen molar-refractivity contribution in [1.82, 2.24) is 5.32 Å². The van der Waals surface area contributed by atoms with Crippen LogP contribution in [-0.4, -0.2) is 19.1 Å². The third-order valence-electron chi connectivity index (χ3n) is 4.32. The van der Waals surface area contributed by atoms with Gasteiger partial charge >= 0.3 is 0 Å². The summed E-state index contributed by atoms with van der Waals surface area (Å²) in [4.78, 5) is 12.7. The number of carbonyl (C=O) groups excluding carboxylic acids is 1. The van der Waals surface area contributed by atoms with Crippen LogP contribution in [0.2, 0.25) is 0 Å². The molecule has 0 bridgehead atoms. The summed E-state index contributed by atoms with van der Waals surface area (Å²) in [6.07, 6.45) is 5.35. The number of amides is 1. The lowest BCUT2D eigenvalue weighted by Crippen LogP contribution is -2.40. The number of benzene rings is 1. The van der Waals surface area contributed by atoms with Crippen LogP contribution in [0.1, 0.15) is 43.6 Å². The molecule has 5 nitrogen and oxygen atoms in total. The summed E-state index contributed by atoms with van der Waals surface area (Å²) >= 11 is 0. The number of hydrogen-bond acceptors (Lipinski definition) is 4. The van der Waals surface area contributed by atoms with E-state index in [2.05, 4.69) is 5.32 Å². The molecule has 1 aromatic carbocycles. The van der Waals surface area contributed by atoms with Crippen LogP contribution in [0, 0.1) is 28.6 Å². The van der Waals surface area contributed by atoms with Crippen molar-refractivity contribution in [3.05, 3.63) is 29.8 Å². The summed E-state index contributed by atoms with van der Waals surface area (Å²) in [5.74, 6) is -1.36. The lowest BCUT2D eigenvalue weighted by molar-refractivity contribution is -0.123. The van der Waals surface area contributed by atoms with Gasteiger partial charge < -0.3 is 10.1 Å². The van der Waals surface area contributed by atoms with Gasteiger partial charge in [-0.2, -0.15) is 10.5 Å². The molecule has 1 aliphatic rings. The Morgan fingerprint density at radius 2 is 1.78 bits per heavy atom. The van der Waals surface area contributed by atoms with Crippen LogP contribution in [0.4, 0.5) is 0 Å². The molecule has 1 N–H and O–H groups in total. The van der Waals surface area contributed by atoms with Gasteiger partial charge in [-0.1, -0.05) is 31.4 Å². The minimum atomic E-state index is -1.01. The molecule has 0 saturated heterocycles. The van der Waals surface area contributed by atoms with Crippen LogP contribution in [-0.2, 0) is 4.79 Å². The topological polar surface area (TPSA) is 85.9 Å². The summed E-state index contributed by atoms with van der Waals surface area (Å²) in [6, 6.07) is 11.0. The normalized spacial score (nSPS) is 16.2. The van der Waals surface area contributed by atoms with E-state index in [-0.39, 0.29) is 11.9 Å². The Bertz CT molecular complexity index is 593. The van der Waals surface area contributed by atoms with Crippen LogP contribution in [0.3, 0.4) is 0 Å². The maximum atomic E-state index is 12.7. The molecule has 0 aliphatic heterocycles. The second-order valence-electron chi connectivity index (χ2n) is 5.83. The number of rotatable bonds is 5. The number of hydrogen-bond donors (Lipinski definition) is 1. The predicted molar refractivity (Wildman–Crippen MR) is 85.5 cm³/mol. The number of nitrogens with one attached hydrogen (secondary N) is 1. The van der Waals surface area contributed by atoms with Gasteiger partial charge in [-0.05, 0) is 30.5 Å². The van der Waals surface area contributed by atoms with Gasteiger partial charge in [0.25, 0.3) is 0 Å². The zero-order valence-corrected chi connectivity index (χ0v) is 13.3. The van der Waals surface area contributed by atoms with E-state index >= 15 is 0 Å². The fourth-order valence-corrected chi connectivity index (χ4v) is 3.02. The lowest BCUT2D eigenvalue weighted by Gasteiger charge is -2.26. The first kappa shape index (κ1) is 16.8. The molecule has 0 radical (unpaired) electrons. The first-order valence-electron chi connectivity index (χ1n) is 7.93. The fraction of sp³-hybridized carbons (Fsp3) is 0.500. The maximum absolute atomic E-state index is 12.7. The first-order chi connectivity index (χ1) is 11.2. The molecule has 23 heavy (non-hydrogen) atoms. The fourth-order valence-electron chi connectivity index (χ4n) is 3.02. The van der Waals surface area contributed by atoms with Gasteiger partial charge in [-0.3, -0.25) is 4.79 Å². The number of ether oxygens (including phenoxy) is 1. The minimum absolute atomic E-state index is 0.148. The highest BCUT2D eigenvalue weighted by molar-refractivity contribution is 5.85. The van der Waals surface area contributed by atoms with E-state index < -0.39 is 11.8 Å². The average molecular weight is 311 g/mol. The van der Waals surface area contributed by atoms with E-state index in [0.29, 0.717) is 11.3 Å². The Morgan fingerprint density at radius 1 is 1.17 bits per heavy atom. The Morgan fingerprint density at radius 3 is 2.30 bits per heavy atom. The molecule has 120 valence electrons. The summed E-state index contributed by atoms with van der Waals surface area (Å²) in [5, 5.41) is 21.5. The zero-order chi connectivity index (χ0) is 16.7. The van der Waals surface area contributed by atoms with Crippen molar-refractivity contribution in [2.75, 3.05) is 7.11 Å². The van der Waals surface area contributed by atoms with Crippen LogP contribution in [0.5, 0.6) is 5.75 Å². The monoisotopic (exact) mass is 311 g/mol. The van der Waals surface area contributed by atoms with Crippen LogP contribution >= 0.6 is 0 Å². The van der Waals surface area contributed by atoms with Crippen molar-refractivity contribution in [1.29, 1.82) is 10.5 Å². The molecule has 0 aromatic heterocycles. The second kappa shape index (κ2) is 8.19. The first-order valence-corrected chi connectivity index (χ1v) is 7.93. The van der Waals surface area contributed by atoms with E-state index in [9.17, 15) is 15.3 Å². The zero-order valence-electron chi connectivity index (χ0n) is 13.3. The van der Waals surface area contributed by atoms with Gasteiger partial charge in [0.15, 0.2) is 0 Å². The molecule has 1 amide bonds. The van der Waals surface area contributed by atoms with Crippen molar-refractivity contribution in [3.63, 3.8) is 0 Å². The van der Waals surface area contributed by atoms with Gasteiger partial charge in [0, 0.05) is 6.04 Å². The highest BCUT2D eigenvalue weighted by Crippen LogP contribution is 2.27. The molecule has 1 unspecified atom stereocenters. The largest absolute Gasteiger partial charge is 0.497 e. The third-order valence-corrected chi connectivity index (χ3v) is 4.32. The molecular weight excluding hydrogens is 290 g/mol. The second-order valence-corrected chi connectivity index (χ2v) is 5.83. The smallest absolute Gasteiger partial charge is 0.230 e. The summed E-state index contributed by atoms with van der Waals surface area (Å²) in [7, 11) is 1.57. The maximum Gasteiger partial charge on any atom is 0.230 e. The number of carbonyl (C=O) groups is 1. The molecule has 1 fully saturated rings. The molecular formula is C18H21N3O2. The number of nitrogens with zero attached hydrogens (tertiary/aromatic N) is 2. The molecule has 1 aliphatic carbocycles. The van der Waals surface area contributed by atoms with Gasteiger partial charge in [0.2, 0.25) is 5.91 Å². The highest BCUT2D eigenvalue weighted by Gasteiger charge is 2.31. The van der Waals surface area contributed by atoms with E-state index in [1.807, 2.05) is 12.1 Å². The van der Waals surface area contributed by atoms with Crippen molar-refractivity contribution < 1.29 is 9.53 Å². The van der Waals surface area contributed by atoms with Gasteiger partial charge in [0.1, 0.15) is 11.7 Å². The lowest BCUT2D eigenvalue weighted by atomic mass is 9.86. The molecule has 1 atom stereocenters. The van der Waals surface area contributed by atoms with Gasteiger partial charge in [-0.15, -0.1) is 0 Å². The van der Waals surface area contributed by atoms with Crippen molar-refractivity contribution in [2.45, 2.75) is 44.1 Å². The highest BCUT2D eigenvalue weighted by atomic mass is 16.5. The van der Waals surface area contributed by atoms with E-state index in [0.717, 1.165) is 25.7 Å². The van der Waals surface area contributed by atoms with Crippen molar-refractivity contribution in [2.24, 2.45) is 5.92 Å². The molecule has 0 heterocycles.